The maximum Gasteiger partial charge on any atom is 0.293 e. The Kier molecular flexibility index (Phi) is 6.32. The maximum atomic E-state index is 12.6. The Bertz CT molecular complexity index is 875. The Labute approximate surface area is 152 Å². The monoisotopic (exact) mass is 381 g/mol. The Morgan fingerprint density at radius 3 is 2.54 bits per heavy atom. The van der Waals surface area contributed by atoms with E-state index in [2.05, 4.69) is 10.4 Å². The molecular weight excluding hydrogens is 358 g/mol. The van der Waals surface area contributed by atoms with E-state index >= 15 is 0 Å². The minimum absolute atomic E-state index is 0.0780. The molecule has 1 aromatic carbocycles. The van der Waals surface area contributed by atoms with Crippen LogP contribution < -0.4 is 5.32 Å². The molecule has 0 unspecified atom stereocenters. The molecule has 9 nitrogen and oxygen atoms in total. The van der Waals surface area contributed by atoms with E-state index in [-0.39, 0.29) is 16.3 Å². The molecule has 0 aliphatic rings. The van der Waals surface area contributed by atoms with E-state index in [1.807, 2.05) is 13.2 Å². The quantitative estimate of drug-likeness (QED) is 0.525. The number of benzene rings is 1. The number of nitrogens with zero attached hydrogens (tertiary/aromatic N) is 4. The summed E-state index contributed by atoms with van der Waals surface area (Å²) in [5.41, 5.74) is 1.03. The first-order valence-corrected chi connectivity index (χ1v) is 9.73. The van der Waals surface area contributed by atoms with Crippen molar-refractivity contribution in [3.8, 4) is 0 Å². The second kappa shape index (κ2) is 8.28. The molecule has 0 amide bonds. The fourth-order valence-electron chi connectivity index (χ4n) is 2.63. The largest absolute Gasteiger partial charge is 0.379 e. The standard InChI is InChI=1S/C16H23N5O4S/c1-4-20(5-2)26(24,25)14-6-7-15(16(10-14)21(22)23)17-9-8-13-11-18-19(3)12-13/h6-7,10-12,17H,4-5,8-9H2,1-3H3. The predicted octanol–water partition coefficient (Wildman–Crippen LogP) is 2.01. The summed E-state index contributed by atoms with van der Waals surface area (Å²) in [4.78, 5) is 10.7. The Morgan fingerprint density at radius 2 is 2.00 bits per heavy atom. The van der Waals surface area contributed by atoms with Gasteiger partial charge >= 0.3 is 0 Å². The van der Waals surface area contributed by atoms with Crippen molar-refractivity contribution in [2.45, 2.75) is 25.2 Å². The van der Waals surface area contributed by atoms with Gasteiger partial charge in [-0.25, -0.2) is 8.42 Å². The molecular formula is C16H23N5O4S. The van der Waals surface area contributed by atoms with E-state index in [1.54, 1.807) is 24.7 Å². The van der Waals surface area contributed by atoms with E-state index in [0.717, 1.165) is 11.6 Å². The Hall–Kier alpha value is -2.46. The van der Waals surface area contributed by atoms with Gasteiger partial charge in [-0.2, -0.15) is 9.40 Å². The van der Waals surface area contributed by atoms with Gasteiger partial charge in [0.15, 0.2) is 0 Å². The first kappa shape index (κ1) is 19.9. The van der Waals surface area contributed by atoms with Crippen molar-refractivity contribution in [1.29, 1.82) is 0 Å². The molecule has 1 heterocycles. The van der Waals surface area contributed by atoms with Gasteiger partial charge in [0.25, 0.3) is 5.69 Å². The van der Waals surface area contributed by atoms with Crippen LogP contribution >= 0.6 is 0 Å². The first-order valence-electron chi connectivity index (χ1n) is 8.29. The normalized spacial score (nSPS) is 11.7. The Morgan fingerprint density at radius 1 is 1.31 bits per heavy atom. The van der Waals surface area contributed by atoms with Crippen molar-refractivity contribution >= 4 is 21.4 Å². The van der Waals surface area contributed by atoms with Gasteiger partial charge in [-0.1, -0.05) is 13.8 Å². The molecule has 2 aromatic rings. The molecule has 0 aliphatic heterocycles. The van der Waals surface area contributed by atoms with E-state index in [9.17, 15) is 18.5 Å². The molecule has 0 fully saturated rings. The minimum Gasteiger partial charge on any atom is -0.379 e. The van der Waals surface area contributed by atoms with Gasteiger partial charge in [0.05, 0.1) is 16.0 Å². The van der Waals surface area contributed by atoms with Gasteiger partial charge in [0.2, 0.25) is 10.0 Å². The van der Waals surface area contributed by atoms with Crippen LogP contribution in [0.1, 0.15) is 19.4 Å². The van der Waals surface area contributed by atoms with Crippen molar-refractivity contribution in [2.75, 3.05) is 25.0 Å². The molecule has 0 atom stereocenters. The molecule has 0 saturated carbocycles. The number of anilines is 1. The molecule has 1 N–H and O–H groups in total. The predicted molar refractivity (Wildman–Crippen MR) is 98.6 cm³/mol. The summed E-state index contributed by atoms with van der Waals surface area (Å²) < 4.78 is 28.1. The lowest BCUT2D eigenvalue weighted by molar-refractivity contribution is -0.384. The lowest BCUT2D eigenvalue weighted by atomic mass is 10.2. The van der Waals surface area contributed by atoms with Crippen molar-refractivity contribution in [2.24, 2.45) is 7.05 Å². The van der Waals surface area contributed by atoms with E-state index in [1.165, 1.54) is 16.4 Å². The second-order valence-electron chi connectivity index (χ2n) is 5.72. The topological polar surface area (TPSA) is 110 Å². The SMILES string of the molecule is CCN(CC)S(=O)(=O)c1ccc(NCCc2cnn(C)c2)c([N+](=O)[O-])c1. The number of hydrogen-bond acceptors (Lipinski definition) is 6. The van der Waals surface area contributed by atoms with Crippen molar-refractivity contribution in [1.82, 2.24) is 14.1 Å². The molecule has 2 rings (SSSR count). The highest BCUT2D eigenvalue weighted by Gasteiger charge is 2.25. The van der Waals surface area contributed by atoms with Crippen LogP contribution in [-0.4, -0.2) is 47.1 Å². The summed E-state index contributed by atoms with van der Waals surface area (Å²) in [6.07, 6.45) is 4.25. The second-order valence-corrected chi connectivity index (χ2v) is 7.66. The number of sulfonamides is 1. The van der Waals surface area contributed by atoms with Crippen LogP contribution in [-0.2, 0) is 23.5 Å². The summed E-state index contributed by atoms with van der Waals surface area (Å²) in [5.74, 6) is 0. The zero-order valence-corrected chi connectivity index (χ0v) is 15.9. The molecule has 142 valence electrons. The number of rotatable bonds is 9. The van der Waals surface area contributed by atoms with Gasteiger partial charge < -0.3 is 5.32 Å². The Balaban J connectivity index is 2.21. The number of nitrogens with one attached hydrogen (secondary N) is 1. The molecule has 0 bridgehead atoms. The lowest BCUT2D eigenvalue weighted by Crippen LogP contribution is -2.30. The van der Waals surface area contributed by atoms with E-state index in [4.69, 9.17) is 0 Å². The first-order chi connectivity index (χ1) is 12.3. The summed E-state index contributed by atoms with van der Waals surface area (Å²) in [7, 11) is -1.93. The fraction of sp³-hybridized carbons (Fsp3) is 0.438. The average Bonchev–Trinajstić information content (AvgIpc) is 3.01. The van der Waals surface area contributed by atoms with Crippen LogP contribution in [0.15, 0.2) is 35.5 Å². The molecule has 26 heavy (non-hydrogen) atoms. The number of hydrogen-bond donors (Lipinski definition) is 1. The number of nitro groups is 1. The zero-order valence-electron chi connectivity index (χ0n) is 15.0. The van der Waals surface area contributed by atoms with Crippen molar-refractivity contribution in [3.05, 3.63) is 46.3 Å². The number of aromatic nitrogens is 2. The highest BCUT2D eigenvalue weighted by atomic mass is 32.2. The average molecular weight is 381 g/mol. The van der Waals surface area contributed by atoms with E-state index < -0.39 is 14.9 Å². The maximum absolute atomic E-state index is 12.6. The summed E-state index contributed by atoms with van der Waals surface area (Å²) in [5, 5.41) is 18.5. The third kappa shape index (κ3) is 4.38. The highest BCUT2D eigenvalue weighted by molar-refractivity contribution is 7.89. The van der Waals surface area contributed by atoms with E-state index in [0.29, 0.717) is 26.1 Å². The molecule has 0 aliphatic carbocycles. The number of aryl methyl sites for hydroxylation is 1. The van der Waals surface area contributed by atoms with Gasteiger partial charge in [-0.15, -0.1) is 0 Å². The van der Waals surface area contributed by atoms with Gasteiger partial charge in [-0.05, 0) is 24.1 Å². The molecule has 1 aromatic heterocycles. The lowest BCUT2D eigenvalue weighted by Gasteiger charge is -2.18. The van der Waals surface area contributed by atoms with Crippen LogP contribution in [0.4, 0.5) is 11.4 Å². The summed E-state index contributed by atoms with van der Waals surface area (Å²) in [6, 6.07) is 3.95. The molecule has 0 spiro atoms. The van der Waals surface area contributed by atoms with Crippen molar-refractivity contribution in [3.63, 3.8) is 0 Å². The summed E-state index contributed by atoms with van der Waals surface area (Å²) >= 11 is 0. The van der Waals surface area contributed by atoms with Crippen molar-refractivity contribution < 1.29 is 13.3 Å². The number of nitro benzene ring substituents is 1. The molecule has 0 saturated heterocycles. The van der Waals surface area contributed by atoms with Crippen LogP contribution in [0.5, 0.6) is 0 Å². The molecule has 0 radical (unpaired) electrons. The minimum atomic E-state index is -3.74. The van der Waals surface area contributed by atoms with Crippen LogP contribution in [0, 0.1) is 10.1 Å². The third-order valence-corrected chi connectivity index (χ3v) is 6.04. The molecule has 10 heteroatoms. The summed E-state index contributed by atoms with van der Waals surface area (Å²) in [6.45, 7) is 4.53. The van der Waals surface area contributed by atoms with Crippen LogP contribution in [0.2, 0.25) is 0 Å². The third-order valence-electron chi connectivity index (χ3n) is 4.00. The smallest absolute Gasteiger partial charge is 0.293 e. The van der Waals surface area contributed by atoms with Crippen LogP contribution in [0.25, 0.3) is 0 Å². The fourth-order valence-corrected chi connectivity index (χ4v) is 4.11. The van der Waals surface area contributed by atoms with Gasteiger partial charge in [-0.3, -0.25) is 14.8 Å². The highest BCUT2D eigenvalue weighted by Crippen LogP contribution is 2.29. The zero-order chi connectivity index (χ0) is 19.3. The van der Waals surface area contributed by atoms with Crippen LogP contribution in [0.3, 0.4) is 0 Å². The van der Waals surface area contributed by atoms with Gasteiger partial charge in [0, 0.05) is 38.9 Å². The van der Waals surface area contributed by atoms with Gasteiger partial charge in [0.1, 0.15) is 5.69 Å².